The van der Waals surface area contributed by atoms with Gasteiger partial charge in [-0.1, -0.05) is 24.3 Å². The van der Waals surface area contributed by atoms with E-state index < -0.39 is 11.9 Å². The van der Waals surface area contributed by atoms with Crippen molar-refractivity contribution in [1.82, 2.24) is 4.98 Å². The number of methoxy groups -OCH3 is 1. The highest BCUT2D eigenvalue weighted by Crippen LogP contribution is 2.37. The summed E-state index contributed by atoms with van der Waals surface area (Å²) < 4.78 is 5.28. The first-order chi connectivity index (χ1) is 15.8. The number of carboxylic acid groups (broad SMARTS) is 2. The molecule has 168 valence electrons. The molecule has 0 bridgehead atoms. The molecule has 0 fully saturated rings. The van der Waals surface area contributed by atoms with Crippen molar-refractivity contribution >= 4 is 35.2 Å². The number of hydrogen-bond donors (Lipinski definition) is 4. The maximum Gasteiger partial charge on any atom is 0.352 e. The number of amides is 1. The molecule has 0 spiro atoms. The van der Waals surface area contributed by atoms with Gasteiger partial charge in [-0.25, -0.2) is 4.79 Å². The topological polar surface area (TPSA) is 129 Å². The van der Waals surface area contributed by atoms with Crippen molar-refractivity contribution in [3.05, 3.63) is 70.5 Å². The largest absolute Gasteiger partial charge is 0.497 e. The predicted molar refractivity (Wildman–Crippen MR) is 123 cm³/mol. The molecule has 4 N–H and O–H groups in total. The highest BCUT2D eigenvalue weighted by Gasteiger charge is 2.26. The van der Waals surface area contributed by atoms with Crippen LogP contribution < -0.4 is 10.1 Å². The van der Waals surface area contributed by atoms with E-state index in [1.54, 1.807) is 20.1 Å². The molecule has 3 aromatic rings. The molecule has 1 aliphatic heterocycles. The quantitative estimate of drug-likeness (QED) is 0.403. The van der Waals surface area contributed by atoms with Crippen molar-refractivity contribution in [3.63, 3.8) is 0 Å². The molecule has 0 saturated heterocycles. The number of aromatic amines is 1. The van der Waals surface area contributed by atoms with Gasteiger partial charge in [-0.15, -0.1) is 0 Å². The molecule has 1 aliphatic rings. The van der Waals surface area contributed by atoms with Crippen LogP contribution in [-0.2, 0) is 16.0 Å². The van der Waals surface area contributed by atoms with Crippen molar-refractivity contribution < 1.29 is 29.3 Å². The first-order valence-electron chi connectivity index (χ1n) is 10.3. The smallest absolute Gasteiger partial charge is 0.352 e. The second-order valence-corrected chi connectivity index (χ2v) is 7.72. The van der Waals surface area contributed by atoms with Crippen molar-refractivity contribution in [2.75, 3.05) is 12.4 Å². The number of carboxylic acids is 2. The number of rotatable bonds is 7. The average molecular weight is 446 g/mol. The van der Waals surface area contributed by atoms with Crippen LogP contribution >= 0.6 is 0 Å². The van der Waals surface area contributed by atoms with Gasteiger partial charge in [-0.3, -0.25) is 9.59 Å². The number of carbonyl (C=O) groups excluding carboxylic acids is 1. The average Bonchev–Trinajstić information content (AvgIpc) is 3.28. The molecule has 0 saturated carbocycles. The summed E-state index contributed by atoms with van der Waals surface area (Å²) in [4.78, 5) is 38.3. The summed E-state index contributed by atoms with van der Waals surface area (Å²) in [5.41, 5.74) is 4.96. The van der Waals surface area contributed by atoms with E-state index in [-0.39, 0.29) is 24.4 Å². The highest BCUT2D eigenvalue weighted by molar-refractivity contribution is 6.35. The van der Waals surface area contributed by atoms with Gasteiger partial charge in [0.1, 0.15) is 11.4 Å². The van der Waals surface area contributed by atoms with Gasteiger partial charge in [0.25, 0.3) is 5.91 Å². The van der Waals surface area contributed by atoms with Gasteiger partial charge < -0.3 is 25.3 Å². The molecule has 0 atom stereocenters. The third-order valence-electron chi connectivity index (χ3n) is 5.71. The summed E-state index contributed by atoms with van der Waals surface area (Å²) in [6.07, 6.45) is 1.58. The number of aromatic carboxylic acids is 1. The van der Waals surface area contributed by atoms with Crippen LogP contribution in [0.2, 0.25) is 0 Å². The van der Waals surface area contributed by atoms with Gasteiger partial charge in [0.2, 0.25) is 0 Å². The van der Waals surface area contributed by atoms with E-state index in [2.05, 4.69) is 10.3 Å². The number of benzene rings is 2. The zero-order chi connectivity index (χ0) is 23.7. The Bertz CT molecular complexity index is 1320. The maximum absolute atomic E-state index is 12.8. The fourth-order valence-electron chi connectivity index (χ4n) is 4.01. The molecule has 1 aromatic heterocycles. The standard InChI is InChI=1S/C25H22N2O6/c1-13-17(8-9-22(28)29)21(26-23(13)25(31)32)12-19-18-7-6-15(11-20(18)27-24(19)30)14-4-3-5-16(10-14)33-2/h3-7,10-12,26H,8-9H2,1-2H3,(H,27,30)(H,28,29)(H,31,32)/b19-12-. The Morgan fingerprint density at radius 3 is 2.55 bits per heavy atom. The Morgan fingerprint density at radius 2 is 1.85 bits per heavy atom. The van der Waals surface area contributed by atoms with E-state index in [0.29, 0.717) is 33.6 Å². The van der Waals surface area contributed by atoms with Crippen molar-refractivity contribution in [3.8, 4) is 16.9 Å². The van der Waals surface area contributed by atoms with Gasteiger partial charge in [0.15, 0.2) is 0 Å². The zero-order valence-corrected chi connectivity index (χ0v) is 18.1. The number of nitrogens with one attached hydrogen (secondary N) is 2. The molecule has 0 unspecified atom stereocenters. The van der Waals surface area contributed by atoms with Crippen LogP contribution in [0.25, 0.3) is 22.8 Å². The molecule has 8 nitrogen and oxygen atoms in total. The number of aromatic nitrogens is 1. The number of H-pyrrole nitrogens is 1. The fourth-order valence-corrected chi connectivity index (χ4v) is 4.01. The van der Waals surface area contributed by atoms with Gasteiger partial charge >= 0.3 is 11.9 Å². The lowest BCUT2D eigenvalue weighted by Gasteiger charge is -2.07. The summed E-state index contributed by atoms with van der Waals surface area (Å²) in [5.74, 6) is -1.73. The minimum absolute atomic E-state index is 0.0192. The third kappa shape index (κ3) is 4.23. The second kappa shape index (κ2) is 8.66. The number of aliphatic carboxylic acids is 1. The van der Waals surface area contributed by atoms with E-state index in [1.165, 1.54) is 0 Å². The Hall–Kier alpha value is -4.33. The van der Waals surface area contributed by atoms with E-state index in [4.69, 9.17) is 9.84 Å². The van der Waals surface area contributed by atoms with Crippen molar-refractivity contribution in [2.24, 2.45) is 0 Å². The first kappa shape index (κ1) is 21.9. The van der Waals surface area contributed by atoms with Crippen LogP contribution in [0.3, 0.4) is 0 Å². The minimum atomic E-state index is -1.15. The Balaban J connectivity index is 1.75. The van der Waals surface area contributed by atoms with Gasteiger partial charge in [0, 0.05) is 23.4 Å². The van der Waals surface area contributed by atoms with Gasteiger partial charge in [-0.2, -0.15) is 0 Å². The van der Waals surface area contributed by atoms with Crippen LogP contribution in [0.15, 0.2) is 42.5 Å². The molecular weight excluding hydrogens is 424 g/mol. The van der Waals surface area contributed by atoms with E-state index in [1.807, 2.05) is 42.5 Å². The Morgan fingerprint density at radius 1 is 1.09 bits per heavy atom. The molecule has 4 rings (SSSR count). The van der Waals surface area contributed by atoms with Crippen LogP contribution in [0.4, 0.5) is 5.69 Å². The predicted octanol–water partition coefficient (Wildman–Crippen LogP) is 4.21. The van der Waals surface area contributed by atoms with Crippen LogP contribution in [0.5, 0.6) is 5.75 Å². The molecular formula is C25H22N2O6. The molecule has 2 heterocycles. The van der Waals surface area contributed by atoms with E-state index in [9.17, 15) is 19.5 Å². The molecule has 0 radical (unpaired) electrons. The lowest BCUT2D eigenvalue weighted by Crippen LogP contribution is -2.04. The van der Waals surface area contributed by atoms with Crippen LogP contribution in [-0.4, -0.2) is 40.2 Å². The normalized spacial score (nSPS) is 13.6. The lowest BCUT2D eigenvalue weighted by molar-refractivity contribution is -0.137. The SMILES string of the molecule is COc1cccc(-c2ccc3c(c2)NC(=O)/C3=C\c2[nH]c(C(=O)O)c(C)c2CCC(=O)O)c1. The molecule has 1 amide bonds. The van der Waals surface area contributed by atoms with Gasteiger partial charge in [0.05, 0.1) is 12.7 Å². The Kier molecular flexibility index (Phi) is 5.74. The summed E-state index contributed by atoms with van der Waals surface area (Å²) in [6.45, 7) is 1.63. The van der Waals surface area contributed by atoms with E-state index >= 15 is 0 Å². The molecule has 8 heteroatoms. The van der Waals surface area contributed by atoms with Crippen LogP contribution in [0, 0.1) is 6.92 Å². The number of hydrogen-bond acceptors (Lipinski definition) is 4. The molecule has 2 aromatic carbocycles. The summed E-state index contributed by atoms with van der Waals surface area (Å²) in [5, 5.41) is 21.4. The highest BCUT2D eigenvalue weighted by atomic mass is 16.5. The summed E-state index contributed by atoms with van der Waals surface area (Å²) in [7, 11) is 1.60. The summed E-state index contributed by atoms with van der Waals surface area (Å²) >= 11 is 0. The van der Waals surface area contributed by atoms with Gasteiger partial charge in [-0.05, 0) is 59.9 Å². The first-order valence-corrected chi connectivity index (χ1v) is 10.3. The number of carbonyl (C=O) groups is 3. The third-order valence-corrected chi connectivity index (χ3v) is 5.71. The second-order valence-electron chi connectivity index (χ2n) is 7.72. The zero-order valence-electron chi connectivity index (χ0n) is 18.1. The molecule has 0 aliphatic carbocycles. The Labute approximate surface area is 189 Å². The number of ether oxygens (including phenoxy) is 1. The fraction of sp³-hybridized carbons (Fsp3) is 0.160. The number of anilines is 1. The van der Waals surface area contributed by atoms with E-state index in [0.717, 1.165) is 16.9 Å². The summed E-state index contributed by atoms with van der Waals surface area (Å²) in [6, 6.07) is 13.2. The van der Waals surface area contributed by atoms with Crippen molar-refractivity contribution in [2.45, 2.75) is 19.8 Å². The maximum atomic E-state index is 12.8. The monoisotopic (exact) mass is 446 g/mol. The minimum Gasteiger partial charge on any atom is -0.497 e. The van der Waals surface area contributed by atoms with Crippen molar-refractivity contribution in [1.29, 1.82) is 0 Å². The number of fused-ring (bicyclic) bond motifs is 1. The van der Waals surface area contributed by atoms with Crippen LogP contribution in [0.1, 0.15) is 39.3 Å². The molecule has 33 heavy (non-hydrogen) atoms. The lowest BCUT2D eigenvalue weighted by atomic mass is 9.98.